The van der Waals surface area contributed by atoms with E-state index < -0.39 is 15.9 Å². The van der Waals surface area contributed by atoms with Crippen LogP contribution in [-0.2, 0) is 9.84 Å². The summed E-state index contributed by atoms with van der Waals surface area (Å²) in [7, 11) is -1.56. The molecule has 0 saturated heterocycles. The molecule has 0 aliphatic carbocycles. The molecule has 0 fully saturated rings. The van der Waals surface area contributed by atoms with Crippen molar-refractivity contribution in [2.75, 3.05) is 25.7 Å². The molecule has 1 aromatic carbocycles. The van der Waals surface area contributed by atoms with Crippen LogP contribution >= 0.6 is 0 Å². The third kappa shape index (κ3) is 5.48. The van der Waals surface area contributed by atoms with Crippen molar-refractivity contribution >= 4 is 9.84 Å². The Bertz CT molecular complexity index is 499. The van der Waals surface area contributed by atoms with Gasteiger partial charge in [-0.15, -0.1) is 0 Å². The molecular weight excluding hydrogens is 266 g/mol. The van der Waals surface area contributed by atoms with Crippen LogP contribution in [0.25, 0.3) is 0 Å². The quantitative estimate of drug-likeness (QED) is 0.863. The minimum absolute atomic E-state index is 0. The van der Waals surface area contributed by atoms with Gasteiger partial charge in [-0.1, -0.05) is 13.5 Å². The topological polar surface area (TPSA) is 78.6 Å². The SMILES string of the molecule is C.CCOc1cc([C@H](N)CS(C)(=O)=O)ccc1OC. The van der Waals surface area contributed by atoms with E-state index in [1.807, 2.05) is 6.92 Å². The Kier molecular flexibility index (Phi) is 6.86. The summed E-state index contributed by atoms with van der Waals surface area (Å²) in [4.78, 5) is 0. The molecule has 0 heterocycles. The predicted molar refractivity (Wildman–Crippen MR) is 77.5 cm³/mol. The number of methoxy groups -OCH3 is 1. The molecule has 0 spiro atoms. The molecule has 0 amide bonds. The lowest BCUT2D eigenvalue weighted by molar-refractivity contribution is 0.310. The average molecular weight is 289 g/mol. The van der Waals surface area contributed by atoms with E-state index in [1.54, 1.807) is 25.3 Å². The molecule has 0 saturated carbocycles. The van der Waals surface area contributed by atoms with Crippen LogP contribution in [0.15, 0.2) is 18.2 Å². The molecular formula is C13H23NO4S. The molecule has 0 aliphatic heterocycles. The van der Waals surface area contributed by atoms with E-state index in [0.29, 0.717) is 23.7 Å². The summed E-state index contributed by atoms with van der Waals surface area (Å²) < 4.78 is 33.0. The number of ether oxygens (including phenoxy) is 2. The third-order valence-electron chi connectivity index (χ3n) is 2.40. The minimum Gasteiger partial charge on any atom is -0.493 e. The lowest BCUT2D eigenvalue weighted by Crippen LogP contribution is -2.20. The Balaban J connectivity index is 0.00000324. The van der Waals surface area contributed by atoms with E-state index in [2.05, 4.69) is 0 Å². The van der Waals surface area contributed by atoms with Crippen LogP contribution < -0.4 is 15.2 Å². The fourth-order valence-corrected chi connectivity index (χ4v) is 2.46. The summed E-state index contributed by atoms with van der Waals surface area (Å²) in [6.07, 6.45) is 1.17. The van der Waals surface area contributed by atoms with Crippen LogP contribution in [0.2, 0.25) is 0 Å². The first kappa shape index (κ1) is 17.7. The summed E-state index contributed by atoms with van der Waals surface area (Å²) >= 11 is 0. The van der Waals surface area contributed by atoms with Gasteiger partial charge in [0.05, 0.1) is 19.5 Å². The molecule has 1 aromatic rings. The molecule has 0 aromatic heterocycles. The lowest BCUT2D eigenvalue weighted by atomic mass is 10.1. The molecule has 1 atom stereocenters. The van der Waals surface area contributed by atoms with Crippen molar-refractivity contribution in [1.29, 1.82) is 0 Å². The highest BCUT2D eigenvalue weighted by Crippen LogP contribution is 2.30. The Hall–Kier alpha value is -1.27. The van der Waals surface area contributed by atoms with Gasteiger partial charge in [0.15, 0.2) is 11.5 Å². The second-order valence-electron chi connectivity index (χ2n) is 4.04. The van der Waals surface area contributed by atoms with Gasteiger partial charge in [0.25, 0.3) is 0 Å². The zero-order valence-electron chi connectivity index (χ0n) is 10.8. The smallest absolute Gasteiger partial charge is 0.161 e. The maximum atomic E-state index is 11.2. The second-order valence-corrected chi connectivity index (χ2v) is 6.23. The second kappa shape index (κ2) is 7.35. The van der Waals surface area contributed by atoms with Crippen molar-refractivity contribution in [1.82, 2.24) is 0 Å². The Morgan fingerprint density at radius 3 is 2.42 bits per heavy atom. The fraction of sp³-hybridized carbons (Fsp3) is 0.538. The van der Waals surface area contributed by atoms with Gasteiger partial charge in [-0.2, -0.15) is 0 Å². The van der Waals surface area contributed by atoms with E-state index in [0.717, 1.165) is 0 Å². The molecule has 0 aliphatic rings. The normalized spacial score (nSPS) is 12.4. The molecule has 19 heavy (non-hydrogen) atoms. The van der Waals surface area contributed by atoms with E-state index >= 15 is 0 Å². The first-order valence-corrected chi connectivity index (χ1v) is 7.67. The summed E-state index contributed by atoms with van der Waals surface area (Å²) in [5.74, 6) is 1.08. The largest absolute Gasteiger partial charge is 0.493 e. The molecule has 0 radical (unpaired) electrons. The highest BCUT2D eigenvalue weighted by Gasteiger charge is 2.15. The Morgan fingerprint density at radius 2 is 1.95 bits per heavy atom. The Morgan fingerprint density at radius 1 is 1.32 bits per heavy atom. The maximum absolute atomic E-state index is 11.2. The number of sulfone groups is 1. The lowest BCUT2D eigenvalue weighted by Gasteiger charge is -2.15. The number of rotatable bonds is 6. The molecule has 0 bridgehead atoms. The first-order chi connectivity index (χ1) is 8.37. The standard InChI is InChI=1S/C12H19NO4S.CH4/c1-4-17-12-7-9(5-6-11(12)16-2)10(13)8-18(3,14)15;/h5-7,10H,4,8,13H2,1-3H3;1H4/t10-;/m1./s1. The van der Waals surface area contributed by atoms with Crippen molar-refractivity contribution in [2.24, 2.45) is 5.73 Å². The van der Waals surface area contributed by atoms with Crippen LogP contribution in [0, 0.1) is 0 Å². The first-order valence-electron chi connectivity index (χ1n) is 5.61. The average Bonchev–Trinajstić information content (AvgIpc) is 2.27. The van der Waals surface area contributed by atoms with Gasteiger partial charge in [-0.05, 0) is 24.6 Å². The van der Waals surface area contributed by atoms with Crippen molar-refractivity contribution < 1.29 is 17.9 Å². The van der Waals surface area contributed by atoms with Gasteiger partial charge < -0.3 is 15.2 Å². The van der Waals surface area contributed by atoms with Gasteiger partial charge in [0, 0.05) is 12.3 Å². The highest BCUT2D eigenvalue weighted by atomic mass is 32.2. The van der Waals surface area contributed by atoms with Crippen LogP contribution in [0.1, 0.15) is 26.0 Å². The van der Waals surface area contributed by atoms with E-state index in [9.17, 15) is 8.42 Å². The highest BCUT2D eigenvalue weighted by molar-refractivity contribution is 7.90. The maximum Gasteiger partial charge on any atom is 0.161 e. The molecule has 2 N–H and O–H groups in total. The predicted octanol–water partition coefficient (Wildman–Crippen LogP) is 1.77. The molecule has 0 unspecified atom stereocenters. The van der Waals surface area contributed by atoms with Crippen molar-refractivity contribution in [3.8, 4) is 11.5 Å². The van der Waals surface area contributed by atoms with Gasteiger partial charge in [-0.25, -0.2) is 8.42 Å². The van der Waals surface area contributed by atoms with Crippen molar-refractivity contribution in [3.05, 3.63) is 23.8 Å². The molecule has 110 valence electrons. The van der Waals surface area contributed by atoms with Gasteiger partial charge >= 0.3 is 0 Å². The van der Waals surface area contributed by atoms with Crippen molar-refractivity contribution in [2.45, 2.75) is 20.4 Å². The monoisotopic (exact) mass is 289 g/mol. The molecule has 6 heteroatoms. The third-order valence-corrected chi connectivity index (χ3v) is 3.36. The number of hydrogen-bond donors (Lipinski definition) is 1. The summed E-state index contributed by atoms with van der Waals surface area (Å²) in [6, 6.07) is 4.63. The fourth-order valence-electron chi connectivity index (χ4n) is 1.61. The van der Waals surface area contributed by atoms with Gasteiger partial charge in [0.2, 0.25) is 0 Å². The van der Waals surface area contributed by atoms with E-state index in [-0.39, 0.29) is 13.2 Å². The molecule has 1 rings (SSSR count). The van der Waals surface area contributed by atoms with Gasteiger partial charge in [-0.3, -0.25) is 0 Å². The van der Waals surface area contributed by atoms with Gasteiger partial charge in [0.1, 0.15) is 9.84 Å². The zero-order chi connectivity index (χ0) is 13.8. The van der Waals surface area contributed by atoms with Crippen LogP contribution in [0.5, 0.6) is 11.5 Å². The Labute approximate surface area is 115 Å². The molecule has 5 nitrogen and oxygen atoms in total. The van der Waals surface area contributed by atoms with Crippen molar-refractivity contribution in [3.63, 3.8) is 0 Å². The number of nitrogens with two attached hydrogens (primary N) is 1. The van der Waals surface area contributed by atoms with Crippen LogP contribution in [-0.4, -0.2) is 34.1 Å². The summed E-state index contributed by atoms with van der Waals surface area (Å²) in [5, 5.41) is 0. The van der Waals surface area contributed by atoms with E-state index in [1.165, 1.54) is 6.26 Å². The number of hydrogen-bond acceptors (Lipinski definition) is 5. The summed E-state index contributed by atoms with van der Waals surface area (Å²) in [6.45, 7) is 2.36. The van der Waals surface area contributed by atoms with Crippen LogP contribution in [0.3, 0.4) is 0 Å². The summed E-state index contributed by atoms with van der Waals surface area (Å²) in [5.41, 5.74) is 6.57. The minimum atomic E-state index is -3.11. The zero-order valence-corrected chi connectivity index (χ0v) is 11.7. The number of benzene rings is 1. The van der Waals surface area contributed by atoms with Crippen LogP contribution in [0.4, 0.5) is 0 Å². The van der Waals surface area contributed by atoms with E-state index in [4.69, 9.17) is 15.2 Å².